The summed E-state index contributed by atoms with van der Waals surface area (Å²) < 4.78 is 47.1. The van der Waals surface area contributed by atoms with Crippen LogP contribution in [0.4, 0.5) is 18.9 Å². The summed E-state index contributed by atoms with van der Waals surface area (Å²) in [6.45, 7) is 2.82. The number of hydrogen-bond acceptors (Lipinski definition) is 6. The van der Waals surface area contributed by atoms with Crippen molar-refractivity contribution in [2.45, 2.75) is 25.9 Å². The summed E-state index contributed by atoms with van der Waals surface area (Å²) in [5, 5.41) is 3.66. The molecule has 4 rings (SSSR count). The highest BCUT2D eigenvalue weighted by Gasteiger charge is 2.23. The van der Waals surface area contributed by atoms with Gasteiger partial charge in [0, 0.05) is 23.2 Å². The number of aryl methyl sites for hydroxylation is 1. The topological polar surface area (TPSA) is 93.1 Å². The van der Waals surface area contributed by atoms with Crippen molar-refractivity contribution in [2.75, 3.05) is 32.6 Å². The number of carbonyl (C=O) groups excluding carboxylic acids is 1. The molecule has 1 aliphatic rings. The second kappa shape index (κ2) is 11.2. The molecule has 0 aliphatic carbocycles. The number of halogens is 3. The van der Waals surface area contributed by atoms with Crippen LogP contribution in [-0.2, 0) is 11.3 Å². The third kappa shape index (κ3) is 6.58. The van der Waals surface area contributed by atoms with E-state index in [0.29, 0.717) is 11.3 Å². The van der Waals surface area contributed by atoms with Crippen LogP contribution in [0.3, 0.4) is 0 Å². The lowest BCUT2D eigenvalue weighted by atomic mass is 10.1. The smallest absolute Gasteiger partial charge is 0.291 e. The van der Waals surface area contributed by atoms with E-state index in [9.17, 15) is 18.0 Å². The Labute approximate surface area is 195 Å². The normalized spacial score (nSPS) is 15.8. The summed E-state index contributed by atoms with van der Waals surface area (Å²) in [5.74, 6) is -0.265. The first-order valence-corrected chi connectivity index (χ1v) is 10.6. The third-order valence-electron chi connectivity index (χ3n) is 4.97. The quantitative estimate of drug-likeness (QED) is 0.576. The van der Waals surface area contributed by atoms with E-state index in [4.69, 9.17) is 14.9 Å². The van der Waals surface area contributed by atoms with Crippen molar-refractivity contribution >= 4 is 28.4 Å². The number of amides is 1. The molecule has 0 radical (unpaired) electrons. The van der Waals surface area contributed by atoms with Gasteiger partial charge in [-0.05, 0) is 63.0 Å². The molecule has 1 unspecified atom stereocenters. The number of nitrogens with one attached hydrogen (secondary N) is 1. The molecule has 2 heterocycles. The van der Waals surface area contributed by atoms with Gasteiger partial charge in [0.1, 0.15) is 29.9 Å². The summed E-state index contributed by atoms with van der Waals surface area (Å²) in [5.41, 5.74) is 8.31. The lowest BCUT2D eigenvalue weighted by molar-refractivity contribution is 0.0505. The first-order valence-electron chi connectivity index (χ1n) is 10.6. The number of alkyl halides is 2. The Hall–Kier alpha value is -3.37. The van der Waals surface area contributed by atoms with Crippen LogP contribution in [-0.4, -0.2) is 56.4 Å². The Morgan fingerprint density at radius 1 is 1.24 bits per heavy atom. The second-order valence-corrected chi connectivity index (χ2v) is 8.12. The molecule has 1 aromatic heterocycles. The van der Waals surface area contributed by atoms with E-state index < -0.39 is 12.5 Å². The number of hydrogen-bond donors (Lipinski definition) is 2. The number of nitrogens with two attached hydrogens (primary N) is 1. The molecule has 34 heavy (non-hydrogen) atoms. The number of amidine groups is 1. The van der Waals surface area contributed by atoms with E-state index in [1.54, 1.807) is 0 Å². The maximum Gasteiger partial charge on any atom is 0.291 e. The molecule has 1 amide bonds. The van der Waals surface area contributed by atoms with Crippen LogP contribution >= 0.6 is 0 Å². The average Bonchev–Trinajstić information content (AvgIpc) is 3.11. The Kier molecular flexibility index (Phi) is 8.30. The number of ether oxygens (including phenoxy) is 1. The molecule has 0 saturated carbocycles. The number of aliphatic imine (C=N–C) groups is 1. The highest BCUT2D eigenvalue weighted by Crippen LogP contribution is 2.27. The number of furan rings is 1. The highest BCUT2D eigenvalue weighted by molar-refractivity contribution is 6.06. The minimum Gasteiger partial charge on any atom is -0.451 e. The Bertz CT molecular complexity index is 1160. The van der Waals surface area contributed by atoms with Gasteiger partial charge in [-0.2, -0.15) is 0 Å². The highest BCUT2D eigenvalue weighted by atomic mass is 19.3. The first-order chi connectivity index (χ1) is 16.1. The Morgan fingerprint density at radius 3 is 2.53 bits per heavy atom. The van der Waals surface area contributed by atoms with Crippen molar-refractivity contribution in [3.05, 3.63) is 65.2 Å². The van der Waals surface area contributed by atoms with Crippen LogP contribution in [0.2, 0.25) is 0 Å². The molecule has 182 valence electrons. The fourth-order valence-electron chi connectivity index (χ4n) is 3.37. The predicted octanol–water partition coefficient (Wildman–Crippen LogP) is 4.20. The van der Waals surface area contributed by atoms with Crippen LogP contribution in [0, 0.1) is 12.7 Å². The maximum absolute atomic E-state index is 12.9. The molecule has 0 saturated heterocycles. The number of benzene rings is 2. The SMILES string of the molecule is Cc1c(C(=O)Nc2ccc(F)cc2)oc2ccc(CN(C)C)cc12.NC1=NC(C(F)F)COC1. The van der Waals surface area contributed by atoms with E-state index in [2.05, 4.69) is 15.2 Å². The summed E-state index contributed by atoms with van der Waals surface area (Å²) in [7, 11) is 4.02. The molecule has 1 atom stereocenters. The van der Waals surface area contributed by atoms with Crippen LogP contribution in [0.25, 0.3) is 11.0 Å². The van der Waals surface area contributed by atoms with E-state index in [1.807, 2.05) is 39.2 Å². The Morgan fingerprint density at radius 2 is 1.94 bits per heavy atom. The summed E-state index contributed by atoms with van der Waals surface area (Å²) >= 11 is 0. The zero-order valence-electron chi connectivity index (χ0n) is 19.1. The van der Waals surface area contributed by atoms with Gasteiger partial charge in [0.2, 0.25) is 0 Å². The second-order valence-electron chi connectivity index (χ2n) is 8.12. The lowest BCUT2D eigenvalue weighted by Gasteiger charge is -2.17. The molecule has 3 aromatic rings. The zero-order valence-corrected chi connectivity index (χ0v) is 19.1. The molecular formula is C24H27F3N4O3. The van der Waals surface area contributed by atoms with E-state index >= 15 is 0 Å². The van der Waals surface area contributed by atoms with E-state index in [-0.39, 0.29) is 36.5 Å². The minimum atomic E-state index is -2.47. The molecule has 0 spiro atoms. The van der Waals surface area contributed by atoms with Gasteiger partial charge in [-0.1, -0.05) is 6.07 Å². The van der Waals surface area contributed by atoms with Crippen molar-refractivity contribution in [1.29, 1.82) is 0 Å². The fourth-order valence-corrected chi connectivity index (χ4v) is 3.37. The molecule has 0 bridgehead atoms. The van der Waals surface area contributed by atoms with Crippen molar-refractivity contribution in [3.63, 3.8) is 0 Å². The first kappa shape index (κ1) is 25.3. The molecular weight excluding hydrogens is 449 g/mol. The summed E-state index contributed by atoms with van der Waals surface area (Å²) in [6, 6.07) is 10.5. The fraction of sp³-hybridized carbons (Fsp3) is 0.333. The van der Waals surface area contributed by atoms with Gasteiger partial charge in [-0.15, -0.1) is 0 Å². The average molecular weight is 476 g/mol. The van der Waals surface area contributed by atoms with E-state index in [1.165, 1.54) is 24.3 Å². The zero-order chi connectivity index (χ0) is 24.8. The Balaban J connectivity index is 0.000000271. The van der Waals surface area contributed by atoms with Crippen molar-refractivity contribution in [1.82, 2.24) is 4.90 Å². The van der Waals surface area contributed by atoms with Gasteiger partial charge in [-0.3, -0.25) is 9.79 Å². The number of fused-ring (bicyclic) bond motifs is 1. The number of nitrogens with zero attached hydrogens (tertiary/aromatic N) is 2. The van der Waals surface area contributed by atoms with Gasteiger partial charge in [0.05, 0.1) is 6.61 Å². The van der Waals surface area contributed by atoms with Crippen molar-refractivity contribution in [3.8, 4) is 0 Å². The standard InChI is InChI=1S/C19H19FN2O2.C5H8F2N2O/c1-12-16-10-13(11-22(2)3)4-9-17(16)24-18(12)19(23)21-15-7-5-14(20)6-8-15;6-5(7)3-1-10-2-4(8)9-3/h4-10H,11H2,1-3H3,(H,21,23);3,5H,1-2H2,(H2,8,9). The largest absolute Gasteiger partial charge is 0.451 e. The molecule has 0 fully saturated rings. The number of anilines is 1. The third-order valence-corrected chi connectivity index (χ3v) is 4.97. The molecule has 1 aliphatic heterocycles. The number of carbonyl (C=O) groups is 1. The molecule has 7 nitrogen and oxygen atoms in total. The van der Waals surface area contributed by atoms with Crippen LogP contribution in [0.1, 0.15) is 21.7 Å². The van der Waals surface area contributed by atoms with Crippen molar-refractivity contribution in [2.24, 2.45) is 10.7 Å². The summed E-state index contributed by atoms with van der Waals surface area (Å²) in [6.07, 6.45) is -2.47. The maximum atomic E-state index is 12.9. The van der Waals surface area contributed by atoms with Gasteiger partial charge >= 0.3 is 0 Å². The van der Waals surface area contributed by atoms with E-state index in [0.717, 1.165) is 23.1 Å². The monoisotopic (exact) mass is 476 g/mol. The van der Waals surface area contributed by atoms with Gasteiger partial charge in [0.15, 0.2) is 5.76 Å². The molecule has 2 aromatic carbocycles. The molecule has 3 N–H and O–H groups in total. The van der Waals surface area contributed by atoms with Crippen LogP contribution in [0.15, 0.2) is 51.9 Å². The molecule has 10 heteroatoms. The van der Waals surface area contributed by atoms with Crippen LogP contribution in [0.5, 0.6) is 0 Å². The lowest BCUT2D eigenvalue weighted by Crippen LogP contribution is -2.34. The van der Waals surface area contributed by atoms with Crippen molar-refractivity contribution < 1.29 is 27.1 Å². The summed E-state index contributed by atoms with van der Waals surface area (Å²) in [4.78, 5) is 18.0. The van der Waals surface area contributed by atoms with Gasteiger partial charge in [0.25, 0.3) is 12.3 Å². The predicted molar refractivity (Wildman–Crippen MR) is 125 cm³/mol. The van der Waals surface area contributed by atoms with Gasteiger partial charge in [-0.25, -0.2) is 13.2 Å². The van der Waals surface area contributed by atoms with Gasteiger partial charge < -0.3 is 25.1 Å². The minimum absolute atomic E-state index is 0.0294. The van der Waals surface area contributed by atoms with Crippen LogP contribution < -0.4 is 11.1 Å². The number of rotatable bonds is 5.